The largest absolute Gasteiger partial charge is 0.352 e. The van der Waals surface area contributed by atoms with E-state index in [1.54, 1.807) is 36.4 Å². The Labute approximate surface area is 149 Å². The summed E-state index contributed by atoms with van der Waals surface area (Å²) in [4.78, 5) is 16.4. The molecule has 0 aliphatic rings. The van der Waals surface area contributed by atoms with E-state index >= 15 is 0 Å². The van der Waals surface area contributed by atoms with Crippen LogP contribution in [0.3, 0.4) is 0 Å². The lowest BCUT2D eigenvalue weighted by Gasteiger charge is -2.08. The van der Waals surface area contributed by atoms with Gasteiger partial charge >= 0.3 is 0 Å². The molecule has 2 N–H and O–H groups in total. The van der Waals surface area contributed by atoms with Crippen molar-refractivity contribution in [2.75, 3.05) is 11.9 Å². The Hall–Kier alpha value is -3.28. The third-order valence-electron chi connectivity index (χ3n) is 3.75. The summed E-state index contributed by atoms with van der Waals surface area (Å²) in [5, 5.41) is 5.84. The van der Waals surface area contributed by atoms with Crippen LogP contribution in [0.25, 0.3) is 0 Å². The Bertz CT molecular complexity index is 880. The van der Waals surface area contributed by atoms with Gasteiger partial charge in [-0.1, -0.05) is 12.1 Å². The molecule has 0 radical (unpaired) electrons. The third kappa shape index (κ3) is 4.86. The SMILES string of the molecule is O=C(NCCc1ccc(F)cc1)c1ccnc(Nc2ccc(F)cc2)c1. The summed E-state index contributed by atoms with van der Waals surface area (Å²) in [6, 6.07) is 15.3. The standard InChI is InChI=1S/C20H17F2N3O/c21-16-3-1-14(2-4-16)9-11-24-20(26)15-10-12-23-19(13-15)25-18-7-5-17(22)6-8-18/h1-8,10,12-13H,9,11H2,(H,23,25)(H,24,26). The lowest BCUT2D eigenvalue weighted by atomic mass is 10.1. The molecule has 132 valence electrons. The van der Waals surface area contributed by atoms with Gasteiger partial charge in [0.1, 0.15) is 17.5 Å². The third-order valence-corrected chi connectivity index (χ3v) is 3.75. The molecule has 6 heteroatoms. The van der Waals surface area contributed by atoms with Crippen LogP contribution in [0, 0.1) is 11.6 Å². The number of nitrogens with zero attached hydrogens (tertiary/aromatic N) is 1. The van der Waals surface area contributed by atoms with Crippen molar-refractivity contribution >= 4 is 17.4 Å². The molecule has 0 saturated carbocycles. The number of benzene rings is 2. The van der Waals surface area contributed by atoms with Gasteiger partial charge in [0, 0.05) is 24.0 Å². The van der Waals surface area contributed by atoms with Crippen LogP contribution in [-0.4, -0.2) is 17.4 Å². The summed E-state index contributed by atoms with van der Waals surface area (Å²) in [5.41, 5.74) is 2.08. The second kappa shape index (κ2) is 8.20. The van der Waals surface area contributed by atoms with Crippen LogP contribution in [0.1, 0.15) is 15.9 Å². The highest BCUT2D eigenvalue weighted by Crippen LogP contribution is 2.16. The summed E-state index contributed by atoms with van der Waals surface area (Å²) in [7, 11) is 0. The molecule has 0 saturated heterocycles. The van der Waals surface area contributed by atoms with Crippen molar-refractivity contribution in [2.45, 2.75) is 6.42 Å². The quantitative estimate of drug-likeness (QED) is 0.702. The molecule has 0 atom stereocenters. The second-order valence-corrected chi connectivity index (χ2v) is 5.69. The maximum absolute atomic E-state index is 12.9. The average molecular weight is 353 g/mol. The number of hydrogen-bond acceptors (Lipinski definition) is 3. The second-order valence-electron chi connectivity index (χ2n) is 5.69. The van der Waals surface area contributed by atoms with Gasteiger partial charge in [-0.2, -0.15) is 0 Å². The maximum Gasteiger partial charge on any atom is 0.251 e. The van der Waals surface area contributed by atoms with E-state index in [0.717, 1.165) is 5.56 Å². The molecule has 0 aliphatic heterocycles. The number of carbonyl (C=O) groups excluding carboxylic acids is 1. The minimum Gasteiger partial charge on any atom is -0.352 e. The van der Waals surface area contributed by atoms with Crippen molar-refractivity contribution in [1.29, 1.82) is 0 Å². The Balaban J connectivity index is 1.57. The maximum atomic E-state index is 12.9. The predicted octanol–water partition coefficient (Wildman–Crippen LogP) is 4.08. The fraction of sp³-hybridized carbons (Fsp3) is 0.100. The minimum absolute atomic E-state index is 0.225. The molecule has 1 heterocycles. The predicted molar refractivity (Wildman–Crippen MR) is 96.4 cm³/mol. The molecular weight excluding hydrogens is 336 g/mol. The molecule has 3 rings (SSSR count). The van der Waals surface area contributed by atoms with Crippen LogP contribution in [0.5, 0.6) is 0 Å². The topological polar surface area (TPSA) is 54.0 Å². The van der Waals surface area contributed by atoms with E-state index in [0.29, 0.717) is 30.0 Å². The Morgan fingerprint density at radius 1 is 0.923 bits per heavy atom. The molecule has 0 unspecified atom stereocenters. The monoisotopic (exact) mass is 353 g/mol. The number of amides is 1. The Morgan fingerprint density at radius 3 is 2.27 bits per heavy atom. The zero-order valence-corrected chi connectivity index (χ0v) is 13.9. The molecule has 1 amide bonds. The van der Waals surface area contributed by atoms with Crippen LogP contribution < -0.4 is 10.6 Å². The number of hydrogen-bond donors (Lipinski definition) is 2. The first-order chi connectivity index (χ1) is 12.6. The molecule has 0 bridgehead atoms. The molecule has 4 nitrogen and oxygen atoms in total. The van der Waals surface area contributed by atoms with Crippen molar-refractivity contribution in [1.82, 2.24) is 10.3 Å². The molecule has 0 aliphatic carbocycles. The van der Waals surface area contributed by atoms with Gasteiger partial charge in [-0.05, 0) is 60.5 Å². The first-order valence-corrected chi connectivity index (χ1v) is 8.11. The van der Waals surface area contributed by atoms with Gasteiger partial charge in [-0.3, -0.25) is 4.79 Å². The van der Waals surface area contributed by atoms with Crippen LogP contribution in [0.2, 0.25) is 0 Å². The van der Waals surface area contributed by atoms with E-state index in [1.807, 2.05) is 0 Å². The van der Waals surface area contributed by atoms with Crippen molar-refractivity contribution in [2.24, 2.45) is 0 Å². The Morgan fingerprint density at radius 2 is 1.58 bits per heavy atom. The highest BCUT2D eigenvalue weighted by atomic mass is 19.1. The van der Waals surface area contributed by atoms with Gasteiger partial charge in [0.2, 0.25) is 0 Å². The van der Waals surface area contributed by atoms with Crippen molar-refractivity contribution in [3.05, 3.63) is 89.6 Å². The molecule has 0 fully saturated rings. The highest BCUT2D eigenvalue weighted by Gasteiger charge is 2.07. The minimum atomic E-state index is -0.321. The fourth-order valence-corrected chi connectivity index (χ4v) is 2.39. The first-order valence-electron chi connectivity index (χ1n) is 8.11. The number of halogens is 2. The zero-order valence-electron chi connectivity index (χ0n) is 13.9. The molecular formula is C20H17F2N3O. The number of anilines is 2. The summed E-state index contributed by atoms with van der Waals surface area (Å²) < 4.78 is 25.8. The number of aromatic nitrogens is 1. The van der Waals surface area contributed by atoms with Gasteiger partial charge in [0.25, 0.3) is 5.91 Å². The van der Waals surface area contributed by atoms with Crippen LogP contribution in [0.4, 0.5) is 20.3 Å². The van der Waals surface area contributed by atoms with Gasteiger partial charge in [-0.25, -0.2) is 13.8 Å². The summed E-state index contributed by atoms with van der Waals surface area (Å²) >= 11 is 0. The fourth-order valence-electron chi connectivity index (χ4n) is 2.39. The van der Waals surface area contributed by atoms with Gasteiger partial charge in [-0.15, -0.1) is 0 Å². The summed E-state index contributed by atoms with van der Waals surface area (Å²) in [6.45, 7) is 0.438. The summed E-state index contributed by atoms with van der Waals surface area (Å²) in [5.74, 6) is -0.340. The van der Waals surface area contributed by atoms with Crippen LogP contribution in [0.15, 0.2) is 66.9 Å². The van der Waals surface area contributed by atoms with Crippen LogP contribution >= 0.6 is 0 Å². The van der Waals surface area contributed by atoms with E-state index in [4.69, 9.17) is 0 Å². The van der Waals surface area contributed by atoms with E-state index < -0.39 is 0 Å². The molecule has 0 spiro atoms. The lowest BCUT2D eigenvalue weighted by Crippen LogP contribution is -2.25. The lowest BCUT2D eigenvalue weighted by molar-refractivity contribution is 0.0954. The number of pyridine rings is 1. The smallest absolute Gasteiger partial charge is 0.251 e. The highest BCUT2D eigenvalue weighted by molar-refractivity contribution is 5.94. The van der Waals surface area contributed by atoms with E-state index in [2.05, 4.69) is 15.6 Å². The van der Waals surface area contributed by atoms with Gasteiger partial charge in [0.05, 0.1) is 0 Å². The van der Waals surface area contributed by atoms with E-state index in [-0.39, 0.29) is 17.5 Å². The van der Waals surface area contributed by atoms with Crippen molar-refractivity contribution in [3.8, 4) is 0 Å². The van der Waals surface area contributed by atoms with Gasteiger partial charge < -0.3 is 10.6 Å². The molecule has 26 heavy (non-hydrogen) atoms. The average Bonchev–Trinajstić information content (AvgIpc) is 2.65. The van der Waals surface area contributed by atoms with E-state index in [1.165, 1.54) is 30.5 Å². The number of nitrogens with one attached hydrogen (secondary N) is 2. The molecule has 1 aromatic heterocycles. The van der Waals surface area contributed by atoms with Crippen molar-refractivity contribution < 1.29 is 13.6 Å². The number of carbonyl (C=O) groups is 1. The number of rotatable bonds is 6. The summed E-state index contributed by atoms with van der Waals surface area (Å²) in [6.07, 6.45) is 2.14. The first kappa shape index (κ1) is 17.5. The zero-order chi connectivity index (χ0) is 18.4. The van der Waals surface area contributed by atoms with E-state index in [9.17, 15) is 13.6 Å². The molecule has 2 aromatic carbocycles. The Kier molecular flexibility index (Phi) is 5.53. The van der Waals surface area contributed by atoms with Crippen molar-refractivity contribution in [3.63, 3.8) is 0 Å². The van der Waals surface area contributed by atoms with Gasteiger partial charge in [0.15, 0.2) is 0 Å². The molecule has 3 aromatic rings. The normalized spacial score (nSPS) is 10.4. The van der Waals surface area contributed by atoms with Crippen LogP contribution in [-0.2, 0) is 6.42 Å².